The third-order valence-electron chi connectivity index (χ3n) is 2.94. The summed E-state index contributed by atoms with van der Waals surface area (Å²) in [7, 11) is 0. The highest BCUT2D eigenvalue weighted by Gasteiger charge is 2.13. The summed E-state index contributed by atoms with van der Waals surface area (Å²) >= 11 is 11.0. The minimum atomic E-state index is 0.0966. The Hall–Kier alpha value is -1.10. The summed E-state index contributed by atoms with van der Waals surface area (Å²) in [5, 5.41) is 3.59. The standard InChI is InChI=1S/C14H9BrClNOS/c15-10-5-7-19-14(10)13(18)8-17-6-4-9-11(16)2-1-3-12(9)17/h1-7H,8H2. The summed E-state index contributed by atoms with van der Waals surface area (Å²) in [6.45, 7) is 0.322. The van der Waals surface area contributed by atoms with Gasteiger partial charge in [0, 0.05) is 26.6 Å². The predicted molar refractivity (Wildman–Crippen MR) is 83.3 cm³/mol. The molecule has 0 spiro atoms. The molecule has 3 rings (SSSR count). The molecule has 0 saturated heterocycles. The highest BCUT2D eigenvalue weighted by molar-refractivity contribution is 9.10. The van der Waals surface area contributed by atoms with E-state index in [-0.39, 0.29) is 5.78 Å². The second-order valence-electron chi connectivity index (χ2n) is 4.14. The smallest absolute Gasteiger partial charge is 0.193 e. The van der Waals surface area contributed by atoms with E-state index < -0.39 is 0 Å². The fraction of sp³-hybridized carbons (Fsp3) is 0.0714. The average Bonchev–Trinajstić information content (AvgIpc) is 2.97. The van der Waals surface area contributed by atoms with E-state index in [9.17, 15) is 4.79 Å². The number of fused-ring (bicyclic) bond motifs is 1. The van der Waals surface area contributed by atoms with Gasteiger partial charge in [-0.25, -0.2) is 0 Å². The number of hydrogen-bond donors (Lipinski definition) is 0. The van der Waals surface area contributed by atoms with Crippen molar-refractivity contribution in [1.82, 2.24) is 4.57 Å². The summed E-state index contributed by atoms with van der Waals surface area (Å²) in [4.78, 5) is 13.0. The Bertz CT molecular complexity index is 762. The van der Waals surface area contributed by atoms with Gasteiger partial charge < -0.3 is 4.57 Å². The van der Waals surface area contributed by atoms with Crippen LogP contribution in [0.1, 0.15) is 9.67 Å². The third-order valence-corrected chi connectivity index (χ3v) is 5.15. The van der Waals surface area contributed by atoms with E-state index in [0.29, 0.717) is 11.6 Å². The van der Waals surface area contributed by atoms with E-state index in [1.54, 1.807) is 0 Å². The van der Waals surface area contributed by atoms with Crippen LogP contribution in [0.2, 0.25) is 5.02 Å². The fourth-order valence-electron chi connectivity index (χ4n) is 2.04. The molecule has 0 aliphatic rings. The molecule has 0 saturated carbocycles. The van der Waals surface area contributed by atoms with Crippen LogP contribution in [0.4, 0.5) is 0 Å². The van der Waals surface area contributed by atoms with E-state index in [0.717, 1.165) is 20.3 Å². The minimum Gasteiger partial charge on any atom is -0.340 e. The van der Waals surface area contributed by atoms with E-state index in [1.165, 1.54) is 11.3 Å². The predicted octanol–water partition coefficient (Wildman–Crippen LogP) is 5.00. The van der Waals surface area contributed by atoms with Crippen molar-refractivity contribution in [2.45, 2.75) is 6.54 Å². The van der Waals surface area contributed by atoms with Gasteiger partial charge in [0.25, 0.3) is 0 Å². The van der Waals surface area contributed by atoms with Crippen LogP contribution in [0.3, 0.4) is 0 Å². The molecular weight excluding hydrogens is 346 g/mol. The molecule has 2 heterocycles. The highest BCUT2D eigenvalue weighted by atomic mass is 79.9. The summed E-state index contributed by atoms with van der Waals surface area (Å²) < 4.78 is 2.78. The van der Waals surface area contributed by atoms with Crippen LogP contribution < -0.4 is 0 Å². The van der Waals surface area contributed by atoms with Crippen LogP contribution >= 0.6 is 38.9 Å². The SMILES string of the molecule is O=C(Cn1ccc2c(Cl)cccc21)c1sccc1Br. The fourth-order valence-corrected chi connectivity index (χ4v) is 3.80. The molecule has 0 N–H and O–H groups in total. The van der Waals surface area contributed by atoms with Crippen molar-refractivity contribution in [3.05, 3.63) is 56.3 Å². The number of aromatic nitrogens is 1. The van der Waals surface area contributed by atoms with Crippen molar-refractivity contribution >= 4 is 55.6 Å². The molecule has 1 aromatic carbocycles. The first kappa shape index (κ1) is 12.9. The van der Waals surface area contributed by atoms with Gasteiger partial charge in [-0.05, 0) is 45.6 Å². The van der Waals surface area contributed by atoms with Gasteiger partial charge in [0.1, 0.15) is 0 Å². The average molecular weight is 355 g/mol. The van der Waals surface area contributed by atoms with Crippen LogP contribution in [-0.4, -0.2) is 10.4 Å². The second-order valence-corrected chi connectivity index (χ2v) is 6.31. The maximum atomic E-state index is 12.2. The van der Waals surface area contributed by atoms with Gasteiger partial charge >= 0.3 is 0 Å². The second kappa shape index (κ2) is 5.12. The number of nitrogens with zero attached hydrogens (tertiary/aromatic N) is 1. The van der Waals surface area contributed by atoms with Crippen LogP contribution in [0.5, 0.6) is 0 Å². The monoisotopic (exact) mass is 353 g/mol. The molecule has 2 aromatic heterocycles. The topological polar surface area (TPSA) is 22.0 Å². The summed E-state index contributed by atoms with van der Waals surface area (Å²) in [5.41, 5.74) is 0.980. The maximum absolute atomic E-state index is 12.2. The molecule has 0 bridgehead atoms. The molecule has 5 heteroatoms. The Labute approximate surface area is 127 Å². The van der Waals surface area contributed by atoms with Crippen LogP contribution in [0.15, 0.2) is 46.4 Å². The molecule has 0 radical (unpaired) electrons. The van der Waals surface area contributed by atoms with Crippen LogP contribution in [0.25, 0.3) is 10.9 Å². The zero-order chi connectivity index (χ0) is 13.4. The number of carbonyl (C=O) groups is 1. The first-order chi connectivity index (χ1) is 9.16. The van der Waals surface area contributed by atoms with E-state index in [2.05, 4.69) is 15.9 Å². The molecule has 0 aliphatic carbocycles. The minimum absolute atomic E-state index is 0.0966. The molecule has 2 nitrogen and oxygen atoms in total. The first-order valence-corrected chi connectivity index (χ1v) is 7.71. The van der Waals surface area contributed by atoms with Gasteiger partial charge in [-0.2, -0.15) is 0 Å². The van der Waals surface area contributed by atoms with Gasteiger partial charge in [-0.15, -0.1) is 11.3 Å². The van der Waals surface area contributed by atoms with Crippen molar-refractivity contribution < 1.29 is 4.79 Å². The quantitative estimate of drug-likeness (QED) is 0.607. The lowest BCUT2D eigenvalue weighted by molar-refractivity contribution is 0.0977. The summed E-state index contributed by atoms with van der Waals surface area (Å²) in [6.07, 6.45) is 1.90. The number of halogens is 2. The number of ketones is 1. The van der Waals surface area contributed by atoms with E-state index >= 15 is 0 Å². The van der Waals surface area contributed by atoms with Crippen LogP contribution in [-0.2, 0) is 6.54 Å². The molecule has 0 fully saturated rings. The van der Waals surface area contributed by atoms with Crippen molar-refractivity contribution in [2.24, 2.45) is 0 Å². The van der Waals surface area contributed by atoms with Gasteiger partial charge in [0.15, 0.2) is 5.78 Å². The first-order valence-electron chi connectivity index (χ1n) is 5.66. The Morgan fingerprint density at radius 1 is 1.32 bits per heavy atom. The van der Waals surface area contributed by atoms with E-state index in [1.807, 2.05) is 46.5 Å². The van der Waals surface area contributed by atoms with Gasteiger partial charge in [-0.1, -0.05) is 17.7 Å². The zero-order valence-corrected chi connectivity index (χ0v) is 12.9. The lowest BCUT2D eigenvalue weighted by atomic mass is 10.2. The van der Waals surface area contributed by atoms with Crippen molar-refractivity contribution in [3.63, 3.8) is 0 Å². The number of benzene rings is 1. The van der Waals surface area contributed by atoms with Gasteiger partial charge in [-0.3, -0.25) is 4.79 Å². The van der Waals surface area contributed by atoms with Gasteiger partial charge in [0.05, 0.1) is 11.4 Å². The zero-order valence-electron chi connectivity index (χ0n) is 9.77. The molecule has 19 heavy (non-hydrogen) atoms. The molecule has 3 aromatic rings. The summed E-state index contributed by atoms with van der Waals surface area (Å²) in [5.74, 6) is 0.0966. The van der Waals surface area contributed by atoms with Gasteiger partial charge in [0.2, 0.25) is 0 Å². The number of hydrogen-bond acceptors (Lipinski definition) is 2. The number of Topliss-reactive ketones (excluding diaryl/α,β-unsaturated/α-hetero) is 1. The Morgan fingerprint density at radius 3 is 2.89 bits per heavy atom. The highest BCUT2D eigenvalue weighted by Crippen LogP contribution is 2.26. The van der Waals surface area contributed by atoms with Crippen molar-refractivity contribution in [3.8, 4) is 0 Å². The largest absolute Gasteiger partial charge is 0.340 e. The van der Waals surface area contributed by atoms with E-state index in [4.69, 9.17) is 11.6 Å². The number of thiophene rings is 1. The lowest BCUT2D eigenvalue weighted by Gasteiger charge is -2.04. The number of carbonyl (C=O) groups excluding carboxylic acids is 1. The molecule has 96 valence electrons. The Balaban J connectivity index is 1.96. The molecule has 0 amide bonds. The molecule has 0 atom stereocenters. The number of rotatable bonds is 3. The maximum Gasteiger partial charge on any atom is 0.193 e. The molecule has 0 unspecified atom stereocenters. The third kappa shape index (κ3) is 2.36. The Kier molecular flexibility index (Phi) is 3.48. The summed E-state index contributed by atoms with van der Waals surface area (Å²) in [6, 6.07) is 9.55. The van der Waals surface area contributed by atoms with Crippen molar-refractivity contribution in [2.75, 3.05) is 0 Å². The van der Waals surface area contributed by atoms with Crippen LogP contribution in [0, 0.1) is 0 Å². The molecular formula is C14H9BrClNOS. The lowest BCUT2D eigenvalue weighted by Crippen LogP contribution is -2.08. The van der Waals surface area contributed by atoms with Crippen molar-refractivity contribution in [1.29, 1.82) is 0 Å². The Morgan fingerprint density at radius 2 is 2.16 bits per heavy atom. The normalized spacial score (nSPS) is 11.1. The molecule has 0 aliphatic heterocycles.